The Bertz CT molecular complexity index is 819. The molecule has 3 rings (SSSR count). The molecule has 3 nitrogen and oxygen atoms in total. The summed E-state index contributed by atoms with van der Waals surface area (Å²) in [5.74, 6) is 0.241. The van der Waals surface area contributed by atoms with Crippen molar-refractivity contribution in [1.29, 1.82) is 0 Å². The number of hydrogen-bond donors (Lipinski definition) is 1. The average molecular weight is 368 g/mol. The van der Waals surface area contributed by atoms with Crippen LogP contribution in [0.1, 0.15) is 0 Å². The third kappa shape index (κ3) is 2.66. The number of halogens is 3. The first-order chi connectivity index (χ1) is 10.1. The molecule has 0 bridgehead atoms. The number of aromatic nitrogens is 1. The van der Waals surface area contributed by atoms with E-state index in [0.29, 0.717) is 26.4 Å². The first kappa shape index (κ1) is 14.1. The molecule has 0 aliphatic rings. The molecule has 0 radical (unpaired) electrons. The highest BCUT2D eigenvalue weighted by atomic mass is 79.9. The molecular weight excluding hydrogens is 359 g/mol. The van der Waals surface area contributed by atoms with Crippen LogP contribution in [-0.2, 0) is 0 Å². The summed E-state index contributed by atoms with van der Waals surface area (Å²) in [5.41, 5.74) is 7.77. The van der Waals surface area contributed by atoms with Crippen LogP contribution in [0.3, 0.4) is 0 Å². The normalized spacial score (nSPS) is 10.8. The molecule has 2 aromatic carbocycles. The van der Waals surface area contributed by atoms with E-state index in [1.54, 1.807) is 24.3 Å². The zero-order valence-corrected chi connectivity index (χ0v) is 13.0. The highest BCUT2D eigenvalue weighted by Gasteiger charge is 2.20. The number of nitrogens with two attached hydrogens (primary N) is 1. The summed E-state index contributed by atoms with van der Waals surface area (Å²) in [5, 5.41) is 4.35. The van der Waals surface area contributed by atoms with Crippen molar-refractivity contribution < 1.29 is 8.91 Å². The third-order valence-electron chi connectivity index (χ3n) is 3.00. The van der Waals surface area contributed by atoms with E-state index in [1.807, 2.05) is 6.07 Å². The van der Waals surface area contributed by atoms with Gasteiger partial charge in [-0.25, -0.2) is 4.39 Å². The minimum Gasteiger partial charge on any atom is -0.380 e. The van der Waals surface area contributed by atoms with Gasteiger partial charge < -0.3 is 10.3 Å². The number of nitrogens with zero attached hydrogens (tertiary/aromatic N) is 1. The lowest BCUT2D eigenvalue weighted by Crippen LogP contribution is -1.89. The van der Waals surface area contributed by atoms with E-state index in [0.717, 1.165) is 5.56 Å². The summed E-state index contributed by atoms with van der Waals surface area (Å²) in [6.07, 6.45) is 0. The van der Waals surface area contributed by atoms with E-state index >= 15 is 0 Å². The number of nitrogen functional groups attached to an aromatic ring is 1. The van der Waals surface area contributed by atoms with Crippen LogP contribution in [0.25, 0.3) is 22.5 Å². The first-order valence-electron chi connectivity index (χ1n) is 6.03. The Morgan fingerprint density at radius 3 is 2.76 bits per heavy atom. The van der Waals surface area contributed by atoms with Crippen molar-refractivity contribution in [2.24, 2.45) is 0 Å². The van der Waals surface area contributed by atoms with Crippen molar-refractivity contribution >= 4 is 33.3 Å². The lowest BCUT2D eigenvalue weighted by Gasteiger charge is -2.05. The molecule has 1 heterocycles. The molecule has 0 unspecified atom stereocenters. The summed E-state index contributed by atoms with van der Waals surface area (Å²) < 4.78 is 19.5. The summed E-state index contributed by atoms with van der Waals surface area (Å²) in [6, 6.07) is 11.5. The number of hydrogen-bond acceptors (Lipinski definition) is 3. The fourth-order valence-corrected chi connectivity index (χ4v) is 2.70. The second-order valence-electron chi connectivity index (χ2n) is 4.41. The molecule has 0 saturated carbocycles. The molecule has 0 atom stereocenters. The predicted octanol–water partition coefficient (Wildman–Crippen LogP) is 5.15. The van der Waals surface area contributed by atoms with Gasteiger partial charge >= 0.3 is 0 Å². The van der Waals surface area contributed by atoms with Crippen molar-refractivity contribution in [3.05, 3.63) is 57.8 Å². The largest absolute Gasteiger partial charge is 0.380 e. The van der Waals surface area contributed by atoms with Gasteiger partial charge in [-0.1, -0.05) is 44.8 Å². The Kier molecular flexibility index (Phi) is 3.69. The van der Waals surface area contributed by atoms with Crippen LogP contribution < -0.4 is 5.73 Å². The Balaban J connectivity index is 2.24. The predicted molar refractivity (Wildman–Crippen MR) is 84.5 cm³/mol. The van der Waals surface area contributed by atoms with E-state index in [9.17, 15) is 4.39 Å². The maximum Gasteiger partial charge on any atom is 0.178 e. The van der Waals surface area contributed by atoms with Gasteiger partial charge in [-0.15, -0.1) is 0 Å². The number of benzene rings is 2. The van der Waals surface area contributed by atoms with E-state index in [1.165, 1.54) is 12.1 Å². The zero-order chi connectivity index (χ0) is 15.0. The Morgan fingerprint density at radius 1 is 1.19 bits per heavy atom. The second kappa shape index (κ2) is 5.50. The smallest absolute Gasteiger partial charge is 0.178 e. The van der Waals surface area contributed by atoms with Gasteiger partial charge in [-0.3, -0.25) is 0 Å². The van der Waals surface area contributed by atoms with Gasteiger partial charge in [0, 0.05) is 15.1 Å². The molecule has 106 valence electrons. The van der Waals surface area contributed by atoms with E-state index in [4.69, 9.17) is 21.9 Å². The molecular formula is C15H9BrClFN2O. The van der Waals surface area contributed by atoms with Crippen molar-refractivity contribution in [3.8, 4) is 22.5 Å². The van der Waals surface area contributed by atoms with Crippen LogP contribution in [0.15, 0.2) is 51.5 Å². The van der Waals surface area contributed by atoms with E-state index < -0.39 is 0 Å². The number of anilines is 1. The summed E-state index contributed by atoms with van der Waals surface area (Å²) >= 11 is 9.38. The lowest BCUT2D eigenvalue weighted by atomic mass is 10.0. The number of rotatable bonds is 2. The van der Waals surface area contributed by atoms with Crippen LogP contribution >= 0.6 is 27.5 Å². The Labute approximate surface area is 133 Å². The highest BCUT2D eigenvalue weighted by molar-refractivity contribution is 9.10. The molecule has 0 spiro atoms. The van der Waals surface area contributed by atoms with Crippen LogP contribution in [0, 0.1) is 5.82 Å². The standard InChI is InChI=1S/C15H9BrClFN2O/c16-12-5-4-10(18)7-11(12)14-13(15(19)20-21-14)8-2-1-3-9(17)6-8/h1-7H,(H2,19,20). The van der Waals surface area contributed by atoms with Crippen LogP contribution in [0.4, 0.5) is 10.2 Å². The van der Waals surface area contributed by atoms with E-state index in [-0.39, 0.29) is 11.6 Å². The average Bonchev–Trinajstić information content (AvgIpc) is 2.83. The van der Waals surface area contributed by atoms with Gasteiger partial charge in [0.2, 0.25) is 0 Å². The van der Waals surface area contributed by atoms with Crippen LogP contribution in [0.2, 0.25) is 5.02 Å². The molecule has 0 saturated heterocycles. The highest BCUT2D eigenvalue weighted by Crippen LogP contribution is 2.40. The monoisotopic (exact) mass is 366 g/mol. The van der Waals surface area contributed by atoms with Gasteiger partial charge in [0.05, 0.1) is 5.56 Å². The summed E-state index contributed by atoms with van der Waals surface area (Å²) in [4.78, 5) is 0. The first-order valence-corrected chi connectivity index (χ1v) is 7.20. The summed E-state index contributed by atoms with van der Waals surface area (Å²) in [6.45, 7) is 0. The summed E-state index contributed by atoms with van der Waals surface area (Å²) in [7, 11) is 0. The molecule has 0 fully saturated rings. The molecule has 3 aromatic rings. The Hall–Kier alpha value is -1.85. The van der Waals surface area contributed by atoms with Gasteiger partial charge in [0.15, 0.2) is 11.6 Å². The van der Waals surface area contributed by atoms with Crippen LogP contribution in [0.5, 0.6) is 0 Å². The topological polar surface area (TPSA) is 52.0 Å². The molecule has 1 aromatic heterocycles. The van der Waals surface area contributed by atoms with Crippen molar-refractivity contribution in [3.63, 3.8) is 0 Å². The van der Waals surface area contributed by atoms with Gasteiger partial charge in [-0.2, -0.15) is 0 Å². The molecule has 0 aliphatic heterocycles. The van der Waals surface area contributed by atoms with Gasteiger partial charge in [0.25, 0.3) is 0 Å². The van der Waals surface area contributed by atoms with Gasteiger partial charge in [-0.05, 0) is 35.9 Å². The van der Waals surface area contributed by atoms with Crippen molar-refractivity contribution in [2.45, 2.75) is 0 Å². The van der Waals surface area contributed by atoms with Gasteiger partial charge in [0.1, 0.15) is 5.82 Å². The minimum atomic E-state index is -0.375. The maximum atomic E-state index is 13.5. The fourth-order valence-electron chi connectivity index (χ4n) is 2.08. The fraction of sp³-hybridized carbons (Fsp3) is 0. The molecule has 0 aliphatic carbocycles. The quantitative estimate of drug-likeness (QED) is 0.682. The van der Waals surface area contributed by atoms with Crippen molar-refractivity contribution in [2.75, 3.05) is 5.73 Å². The lowest BCUT2D eigenvalue weighted by molar-refractivity contribution is 0.435. The third-order valence-corrected chi connectivity index (χ3v) is 3.93. The molecule has 6 heteroatoms. The molecule has 21 heavy (non-hydrogen) atoms. The van der Waals surface area contributed by atoms with E-state index in [2.05, 4.69) is 21.1 Å². The maximum absolute atomic E-state index is 13.5. The minimum absolute atomic E-state index is 0.225. The Morgan fingerprint density at radius 2 is 2.00 bits per heavy atom. The zero-order valence-electron chi connectivity index (χ0n) is 10.6. The second-order valence-corrected chi connectivity index (χ2v) is 5.70. The SMILES string of the molecule is Nc1noc(-c2cc(F)ccc2Br)c1-c1cccc(Cl)c1. The van der Waals surface area contributed by atoms with Crippen LogP contribution in [-0.4, -0.2) is 5.16 Å². The molecule has 2 N–H and O–H groups in total. The van der Waals surface area contributed by atoms with Crippen molar-refractivity contribution in [1.82, 2.24) is 5.16 Å². The molecule has 0 amide bonds.